The minimum Gasteiger partial charge on any atom is -0.507 e. The molecular formula is C28H44N4O2. The Balaban J connectivity index is 1.81. The fourth-order valence-electron chi connectivity index (χ4n) is 4.67. The van der Waals surface area contributed by atoms with Crippen molar-refractivity contribution in [1.29, 1.82) is 0 Å². The van der Waals surface area contributed by atoms with Crippen molar-refractivity contribution in [3.05, 3.63) is 57.6 Å². The fourth-order valence-corrected chi connectivity index (χ4v) is 4.67. The molecule has 0 radical (unpaired) electrons. The molecule has 0 unspecified atom stereocenters. The topological polar surface area (TPSA) is 88.6 Å². The van der Waals surface area contributed by atoms with Crippen molar-refractivity contribution in [2.45, 2.75) is 67.7 Å². The first-order valence-electron chi connectivity index (χ1n) is 12.4. The number of benzene rings is 2. The van der Waals surface area contributed by atoms with Gasteiger partial charge < -0.3 is 31.5 Å². The van der Waals surface area contributed by atoms with E-state index >= 15 is 0 Å². The van der Waals surface area contributed by atoms with Crippen molar-refractivity contribution < 1.29 is 10.2 Å². The highest BCUT2D eigenvalue weighted by molar-refractivity contribution is 5.44. The van der Waals surface area contributed by atoms with Crippen LogP contribution in [0.1, 0.15) is 61.1 Å². The van der Waals surface area contributed by atoms with Crippen LogP contribution < -0.4 is 21.3 Å². The van der Waals surface area contributed by atoms with Crippen LogP contribution in [0.25, 0.3) is 0 Å². The number of aromatic hydroxyl groups is 2. The Kier molecular flexibility index (Phi) is 8.63. The summed E-state index contributed by atoms with van der Waals surface area (Å²) in [5, 5.41) is 35.9. The highest BCUT2D eigenvalue weighted by Gasteiger charge is 2.20. The highest BCUT2D eigenvalue weighted by atomic mass is 16.3. The molecule has 0 aromatic heterocycles. The number of rotatable bonds is 0. The van der Waals surface area contributed by atoms with Crippen molar-refractivity contribution in [3.8, 4) is 11.5 Å². The Labute approximate surface area is 205 Å². The Morgan fingerprint density at radius 3 is 1.00 bits per heavy atom. The van der Waals surface area contributed by atoms with Gasteiger partial charge in [0.15, 0.2) is 0 Å². The average molecular weight is 469 g/mol. The van der Waals surface area contributed by atoms with Crippen LogP contribution in [0.4, 0.5) is 0 Å². The molecule has 6 nitrogen and oxygen atoms in total. The lowest BCUT2D eigenvalue weighted by molar-refractivity contribution is 0.313. The van der Waals surface area contributed by atoms with Crippen molar-refractivity contribution in [2.75, 3.05) is 26.2 Å². The molecule has 1 aliphatic heterocycles. The maximum atomic E-state index is 10.9. The normalized spacial score (nSPS) is 19.9. The number of fused-ring (bicyclic) bond motifs is 4. The first-order chi connectivity index (χ1) is 16.0. The summed E-state index contributed by atoms with van der Waals surface area (Å²) in [5.74, 6) is 0.771. The van der Waals surface area contributed by atoms with E-state index < -0.39 is 0 Å². The van der Waals surface area contributed by atoms with Crippen LogP contribution in [0.15, 0.2) is 24.3 Å². The monoisotopic (exact) mass is 468 g/mol. The molecule has 0 atom stereocenters. The summed E-state index contributed by atoms with van der Waals surface area (Å²) >= 11 is 0. The summed E-state index contributed by atoms with van der Waals surface area (Å²) in [6, 6.07) is 8.26. The van der Waals surface area contributed by atoms with Gasteiger partial charge >= 0.3 is 0 Å². The molecule has 3 rings (SSSR count). The molecule has 0 fully saturated rings. The van der Waals surface area contributed by atoms with Crippen LogP contribution in [-0.4, -0.2) is 36.4 Å². The van der Waals surface area contributed by atoms with Crippen molar-refractivity contribution in [3.63, 3.8) is 0 Å². The van der Waals surface area contributed by atoms with Crippen LogP contribution in [0.2, 0.25) is 0 Å². The second-order valence-electron chi connectivity index (χ2n) is 11.6. The first-order valence-corrected chi connectivity index (χ1v) is 12.4. The number of hydrogen-bond donors (Lipinski definition) is 6. The number of phenols is 2. The highest BCUT2D eigenvalue weighted by Crippen LogP contribution is 2.27. The molecule has 1 aliphatic rings. The second-order valence-corrected chi connectivity index (χ2v) is 11.6. The lowest BCUT2D eigenvalue weighted by Crippen LogP contribution is -2.38. The smallest absolute Gasteiger partial charge is 0.124 e. The zero-order valence-corrected chi connectivity index (χ0v) is 21.9. The van der Waals surface area contributed by atoms with Crippen LogP contribution >= 0.6 is 0 Å². The van der Waals surface area contributed by atoms with E-state index in [2.05, 4.69) is 87.1 Å². The van der Waals surface area contributed by atoms with E-state index in [0.717, 1.165) is 59.6 Å². The quantitative estimate of drug-likeness (QED) is 0.352. The molecule has 6 heteroatoms. The van der Waals surface area contributed by atoms with Gasteiger partial charge in [-0.1, -0.05) is 63.1 Å². The summed E-state index contributed by atoms with van der Waals surface area (Å²) in [6.07, 6.45) is 0. The van der Waals surface area contributed by atoms with Crippen LogP contribution in [0, 0.1) is 24.7 Å². The molecule has 34 heavy (non-hydrogen) atoms. The SMILES string of the molecule is Cc1cc2c(O)c(c1)CNCC(C)(C)CNCc1cc(C)cc(c1O)CNCC(C)(C)CNC2. The summed E-state index contributed by atoms with van der Waals surface area (Å²) in [6.45, 7) is 18.8. The Bertz CT molecular complexity index is 839. The molecule has 0 spiro atoms. The van der Waals surface area contributed by atoms with Crippen LogP contribution in [0.5, 0.6) is 11.5 Å². The lowest BCUT2D eigenvalue weighted by Gasteiger charge is -2.27. The van der Waals surface area contributed by atoms with Crippen molar-refractivity contribution in [2.24, 2.45) is 10.8 Å². The van der Waals surface area contributed by atoms with Gasteiger partial charge in [0.2, 0.25) is 0 Å². The Hall–Kier alpha value is -2.12. The van der Waals surface area contributed by atoms with Gasteiger partial charge in [0.25, 0.3) is 0 Å². The predicted octanol–water partition coefficient (Wildman–Crippen LogP) is 3.84. The Morgan fingerprint density at radius 1 is 0.529 bits per heavy atom. The third-order valence-corrected chi connectivity index (χ3v) is 6.50. The molecule has 2 aromatic rings. The van der Waals surface area contributed by atoms with E-state index in [4.69, 9.17) is 0 Å². The van der Waals surface area contributed by atoms with Gasteiger partial charge in [-0.25, -0.2) is 0 Å². The Morgan fingerprint density at radius 2 is 0.765 bits per heavy atom. The number of hydrogen-bond acceptors (Lipinski definition) is 6. The van der Waals surface area contributed by atoms with Crippen LogP contribution in [-0.2, 0) is 26.2 Å². The third kappa shape index (κ3) is 7.44. The zero-order valence-electron chi connectivity index (χ0n) is 21.9. The summed E-state index contributed by atoms with van der Waals surface area (Å²) < 4.78 is 0. The number of phenolic OH excluding ortho intramolecular Hbond substituents is 2. The molecule has 6 N–H and O–H groups in total. The molecule has 4 bridgehead atoms. The second kappa shape index (κ2) is 11.1. The van der Waals surface area contributed by atoms with E-state index in [1.807, 2.05) is 0 Å². The number of nitrogens with one attached hydrogen (secondary N) is 4. The summed E-state index contributed by atoms with van der Waals surface area (Å²) in [5.41, 5.74) is 6.10. The molecule has 0 amide bonds. The minimum atomic E-state index is 0.0140. The fraction of sp³-hybridized carbons (Fsp3) is 0.571. The van der Waals surface area contributed by atoms with E-state index in [1.54, 1.807) is 0 Å². The van der Waals surface area contributed by atoms with Gasteiger partial charge in [-0.15, -0.1) is 0 Å². The summed E-state index contributed by atoms with van der Waals surface area (Å²) in [7, 11) is 0. The van der Waals surface area contributed by atoms with Gasteiger partial charge in [-0.3, -0.25) is 0 Å². The van der Waals surface area contributed by atoms with E-state index in [0.29, 0.717) is 37.7 Å². The van der Waals surface area contributed by atoms with E-state index in [-0.39, 0.29) is 10.8 Å². The minimum absolute atomic E-state index is 0.0140. The van der Waals surface area contributed by atoms with Gasteiger partial charge in [0.05, 0.1) is 0 Å². The molecule has 188 valence electrons. The largest absolute Gasteiger partial charge is 0.507 e. The maximum Gasteiger partial charge on any atom is 0.124 e. The molecule has 2 aromatic carbocycles. The first kappa shape index (κ1) is 26.5. The standard InChI is InChI=1S/C28H44N4O2/c1-19-7-21-11-29-15-27(3,4)17-31-13-23-9-20(2)10-24(26(23)34)14-32-18-28(5,6)16-30-12-22(8-19)25(21)33/h7-10,29-34H,11-18H2,1-6H3. The molecule has 1 heterocycles. The molecule has 0 saturated heterocycles. The average Bonchev–Trinajstić information content (AvgIpc) is 2.73. The number of aryl methyl sites for hydroxylation is 2. The van der Waals surface area contributed by atoms with Crippen LogP contribution in [0.3, 0.4) is 0 Å². The third-order valence-electron chi connectivity index (χ3n) is 6.50. The van der Waals surface area contributed by atoms with Crippen molar-refractivity contribution in [1.82, 2.24) is 21.3 Å². The van der Waals surface area contributed by atoms with Gasteiger partial charge in [0, 0.05) is 74.6 Å². The molecular weight excluding hydrogens is 424 g/mol. The maximum absolute atomic E-state index is 10.9. The molecule has 0 saturated carbocycles. The van der Waals surface area contributed by atoms with E-state index in [1.165, 1.54) is 0 Å². The molecule has 0 aliphatic carbocycles. The lowest BCUT2D eigenvalue weighted by atomic mass is 9.92. The van der Waals surface area contributed by atoms with Gasteiger partial charge in [-0.05, 0) is 24.7 Å². The van der Waals surface area contributed by atoms with Gasteiger partial charge in [-0.2, -0.15) is 0 Å². The van der Waals surface area contributed by atoms with E-state index in [9.17, 15) is 10.2 Å². The van der Waals surface area contributed by atoms with Crippen molar-refractivity contribution >= 4 is 0 Å². The zero-order chi connectivity index (χ0) is 24.9. The summed E-state index contributed by atoms with van der Waals surface area (Å²) in [4.78, 5) is 0. The van der Waals surface area contributed by atoms with Gasteiger partial charge in [0.1, 0.15) is 11.5 Å². The predicted molar refractivity (Wildman–Crippen MR) is 140 cm³/mol.